The summed E-state index contributed by atoms with van der Waals surface area (Å²) < 4.78 is 5.46. The highest BCUT2D eigenvalue weighted by Crippen LogP contribution is 2.31. The first kappa shape index (κ1) is 18.6. The average molecular weight is 368 g/mol. The van der Waals surface area contributed by atoms with Crippen molar-refractivity contribution in [3.63, 3.8) is 0 Å². The molecule has 4 heteroatoms. The van der Waals surface area contributed by atoms with Gasteiger partial charge < -0.3 is 19.9 Å². The highest BCUT2D eigenvalue weighted by atomic mass is 16.5. The molecule has 0 spiro atoms. The van der Waals surface area contributed by atoms with Gasteiger partial charge >= 0.3 is 0 Å². The van der Waals surface area contributed by atoms with Gasteiger partial charge in [0.25, 0.3) is 0 Å². The smallest absolute Gasteiger partial charge is 0.0642 e. The van der Waals surface area contributed by atoms with Gasteiger partial charge in [-0.15, -0.1) is 0 Å². The zero-order chi connectivity index (χ0) is 18.6. The van der Waals surface area contributed by atoms with E-state index in [0.717, 1.165) is 45.3 Å². The zero-order valence-corrected chi connectivity index (χ0v) is 16.7. The van der Waals surface area contributed by atoms with E-state index in [-0.39, 0.29) is 0 Å². The second-order valence-corrected chi connectivity index (χ2v) is 8.21. The maximum Gasteiger partial charge on any atom is 0.0642 e. The lowest BCUT2D eigenvalue weighted by Crippen LogP contribution is -2.45. The van der Waals surface area contributed by atoms with Gasteiger partial charge in [0.1, 0.15) is 0 Å². The minimum atomic E-state index is 0.512. The van der Waals surface area contributed by atoms with Crippen molar-refractivity contribution in [1.82, 2.24) is 10.2 Å². The molecule has 27 heavy (non-hydrogen) atoms. The molecule has 2 saturated heterocycles. The van der Waals surface area contributed by atoms with Gasteiger partial charge in [0.05, 0.1) is 19.3 Å². The van der Waals surface area contributed by atoms with Gasteiger partial charge in [-0.2, -0.15) is 0 Å². The molecule has 2 fully saturated rings. The first-order valence-electron chi connectivity index (χ1n) is 10.5. The summed E-state index contributed by atoms with van der Waals surface area (Å²) in [5.41, 5.74) is 3.93. The maximum atomic E-state index is 5.46. The number of anilines is 1. The SMILES string of the molecule is CC(C)N1C=C(c2ccc(N3CCOCC3)cc2)C=CC1C1CCNCC1. The number of benzene rings is 1. The van der Waals surface area contributed by atoms with Gasteiger partial charge in [0.2, 0.25) is 0 Å². The third-order valence-corrected chi connectivity index (χ3v) is 6.15. The van der Waals surface area contributed by atoms with Crippen LogP contribution in [0.3, 0.4) is 0 Å². The van der Waals surface area contributed by atoms with Crippen molar-refractivity contribution >= 4 is 11.3 Å². The Hall–Kier alpha value is -1.78. The fourth-order valence-corrected chi connectivity index (χ4v) is 4.53. The van der Waals surface area contributed by atoms with Gasteiger partial charge in [-0.25, -0.2) is 0 Å². The van der Waals surface area contributed by atoms with E-state index in [1.165, 1.54) is 29.7 Å². The van der Waals surface area contributed by atoms with Crippen molar-refractivity contribution in [2.75, 3.05) is 44.3 Å². The van der Waals surface area contributed by atoms with E-state index in [9.17, 15) is 0 Å². The number of ether oxygens (including phenoxy) is 1. The van der Waals surface area contributed by atoms with Crippen molar-refractivity contribution in [2.24, 2.45) is 5.92 Å². The van der Waals surface area contributed by atoms with Crippen molar-refractivity contribution in [3.05, 3.63) is 48.2 Å². The van der Waals surface area contributed by atoms with Gasteiger partial charge in [0, 0.05) is 31.0 Å². The molecule has 0 saturated carbocycles. The summed E-state index contributed by atoms with van der Waals surface area (Å²) in [4.78, 5) is 4.98. The summed E-state index contributed by atoms with van der Waals surface area (Å²) in [6.45, 7) is 10.6. The Kier molecular flexibility index (Phi) is 5.84. The van der Waals surface area contributed by atoms with Crippen molar-refractivity contribution in [2.45, 2.75) is 38.8 Å². The highest BCUT2D eigenvalue weighted by Gasteiger charge is 2.29. The summed E-state index contributed by atoms with van der Waals surface area (Å²) in [6.07, 6.45) is 9.73. The number of hydrogen-bond acceptors (Lipinski definition) is 4. The Balaban J connectivity index is 1.50. The van der Waals surface area contributed by atoms with Crippen LogP contribution >= 0.6 is 0 Å². The first-order valence-corrected chi connectivity index (χ1v) is 10.5. The van der Waals surface area contributed by atoms with Crippen LogP contribution in [0.4, 0.5) is 5.69 Å². The van der Waals surface area contributed by atoms with E-state index in [0.29, 0.717) is 12.1 Å². The number of morpholine rings is 1. The van der Waals surface area contributed by atoms with E-state index >= 15 is 0 Å². The molecule has 1 aromatic rings. The number of hydrogen-bond donors (Lipinski definition) is 1. The minimum absolute atomic E-state index is 0.512. The number of nitrogens with one attached hydrogen (secondary N) is 1. The molecule has 3 aliphatic rings. The lowest BCUT2D eigenvalue weighted by molar-refractivity contribution is 0.122. The molecule has 3 aliphatic heterocycles. The van der Waals surface area contributed by atoms with Crippen molar-refractivity contribution in [1.29, 1.82) is 0 Å². The molecule has 4 nitrogen and oxygen atoms in total. The van der Waals surface area contributed by atoms with Crippen LogP contribution in [0.1, 0.15) is 32.3 Å². The van der Waals surface area contributed by atoms with Crippen LogP contribution in [0.25, 0.3) is 5.57 Å². The molecule has 146 valence electrons. The Morgan fingerprint density at radius 2 is 1.74 bits per heavy atom. The topological polar surface area (TPSA) is 27.7 Å². The summed E-state index contributed by atoms with van der Waals surface area (Å²) in [5, 5.41) is 3.49. The maximum absolute atomic E-state index is 5.46. The number of allylic oxidation sites excluding steroid dienone is 2. The second-order valence-electron chi connectivity index (χ2n) is 8.21. The molecule has 4 rings (SSSR count). The monoisotopic (exact) mass is 367 g/mol. The van der Waals surface area contributed by atoms with Crippen LogP contribution in [0.5, 0.6) is 0 Å². The molecule has 0 bridgehead atoms. The van der Waals surface area contributed by atoms with E-state index in [1.54, 1.807) is 0 Å². The van der Waals surface area contributed by atoms with Crippen LogP contribution in [-0.4, -0.2) is 56.4 Å². The van der Waals surface area contributed by atoms with Gasteiger partial charge in [-0.3, -0.25) is 0 Å². The molecule has 0 radical (unpaired) electrons. The average Bonchev–Trinajstić information content (AvgIpc) is 2.75. The number of piperidine rings is 1. The van der Waals surface area contributed by atoms with E-state index in [2.05, 4.69) is 71.6 Å². The molecule has 1 N–H and O–H groups in total. The van der Waals surface area contributed by atoms with E-state index in [1.807, 2.05) is 0 Å². The third kappa shape index (κ3) is 4.22. The van der Waals surface area contributed by atoms with Gasteiger partial charge in [-0.1, -0.05) is 24.3 Å². The fraction of sp³-hybridized carbons (Fsp3) is 0.565. The summed E-state index contributed by atoms with van der Waals surface area (Å²) >= 11 is 0. The molecular weight excluding hydrogens is 334 g/mol. The van der Waals surface area contributed by atoms with Gasteiger partial charge in [-0.05, 0) is 69.0 Å². The molecule has 3 heterocycles. The first-order chi connectivity index (χ1) is 13.2. The van der Waals surface area contributed by atoms with Crippen molar-refractivity contribution < 1.29 is 4.74 Å². The van der Waals surface area contributed by atoms with E-state index in [4.69, 9.17) is 4.74 Å². The predicted octanol–water partition coefficient (Wildman–Crippen LogP) is 3.51. The van der Waals surface area contributed by atoms with Crippen LogP contribution in [0, 0.1) is 5.92 Å². The van der Waals surface area contributed by atoms with Crippen LogP contribution in [0.15, 0.2) is 42.6 Å². The Labute approximate surface area is 163 Å². The van der Waals surface area contributed by atoms with Gasteiger partial charge in [0.15, 0.2) is 0 Å². The predicted molar refractivity (Wildman–Crippen MR) is 113 cm³/mol. The molecule has 1 atom stereocenters. The number of rotatable bonds is 4. The molecule has 0 aliphatic carbocycles. The second kappa shape index (κ2) is 8.49. The summed E-state index contributed by atoms with van der Waals surface area (Å²) in [5.74, 6) is 0.756. The van der Waals surface area contributed by atoms with Crippen LogP contribution < -0.4 is 10.2 Å². The fourth-order valence-electron chi connectivity index (χ4n) is 4.53. The standard InChI is InChI=1S/C23H33N3O/c1-18(2)26-17-21(5-8-23(26)20-9-11-24-12-10-20)19-3-6-22(7-4-19)25-13-15-27-16-14-25/h3-8,17-18,20,23-24H,9-16H2,1-2H3. The normalized spacial score (nSPS) is 24.4. The number of nitrogens with zero attached hydrogens (tertiary/aromatic N) is 2. The Morgan fingerprint density at radius 1 is 1.04 bits per heavy atom. The molecule has 0 amide bonds. The largest absolute Gasteiger partial charge is 0.378 e. The summed E-state index contributed by atoms with van der Waals surface area (Å²) in [6, 6.07) is 10.1. The Bertz CT molecular complexity index is 667. The molecule has 1 aromatic carbocycles. The third-order valence-electron chi connectivity index (χ3n) is 6.15. The lowest BCUT2D eigenvalue weighted by atomic mass is 9.86. The molecule has 0 aromatic heterocycles. The Morgan fingerprint density at radius 3 is 2.41 bits per heavy atom. The van der Waals surface area contributed by atoms with Crippen molar-refractivity contribution in [3.8, 4) is 0 Å². The highest BCUT2D eigenvalue weighted by molar-refractivity contribution is 5.76. The minimum Gasteiger partial charge on any atom is -0.378 e. The zero-order valence-electron chi connectivity index (χ0n) is 16.7. The lowest BCUT2D eigenvalue weighted by Gasteiger charge is -2.41. The van der Waals surface area contributed by atoms with E-state index < -0.39 is 0 Å². The summed E-state index contributed by atoms with van der Waals surface area (Å²) in [7, 11) is 0. The molecule has 1 unspecified atom stereocenters. The van der Waals surface area contributed by atoms with Crippen LogP contribution in [0.2, 0.25) is 0 Å². The van der Waals surface area contributed by atoms with Crippen LogP contribution in [-0.2, 0) is 4.74 Å². The quantitative estimate of drug-likeness (QED) is 0.881. The molecular formula is C23H33N3O.